The van der Waals surface area contributed by atoms with Crippen molar-refractivity contribution in [3.05, 3.63) is 64.1 Å². The molecule has 118 valence electrons. The summed E-state index contributed by atoms with van der Waals surface area (Å²) in [5.41, 5.74) is 1.04. The van der Waals surface area contributed by atoms with E-state index in [2.05, 4.69) is 10.3 Å². The zero-order chi connectivity index (χ0) is 16.7. The Morgan fingerprint density at radius 3 is 2.61 bits per heavy atom. The van der Waals surface area contributed by atoms with Crippen LogP contribution in [0.3, 0.4) is 0 Å². The number of nitrogens with one attached hydrogen (secondary N) is 2. The standard InChI is InChI=1S/C16H10ClF3N2O/c1-7-9-6-8(17)2-4-11(9)21-15(7)16(23)22-12-5-3-10(18)13(19)14(12)20/h2-6,21H,1H3,(H,22,23). The largest absolute Gasteiger partial charge is 0.350 e. The van der Waals surface area contributed by atoms with E-state index in [-0.39, 0.29) is 5.69 Å². The van der Waals surface area contributed by atoms with Crippen molar-refractivity contribution in [1.82, 2.24) is 4.98 Å². The lowest BCUT2D eigenvalue weighted by atomic mass is 10.1. The van der Waals surface area contributed by atoms with Gasteiger partial charge in [0.25, 0.3) is 5.91 Å². The number of H-pyrrole nitrogens is 1. The number of aryl methyl sites for hydroxylation is 1. The summed E-state index contributed by atoms with van der Waals surface area (Å²) in [5.74, 6) is -5.07. The van der Waals surface area contributed by atoms with Crippen molar-refractivity contribution in [3.63, 3.8) is 0 Å². The lowest BCUT2D eigenvalue weighted by Crippen LogP contribution is -2.15. The fourth-order valence-corrected chi connectivity index (χ4v) is 2.51. The molecule has 7 heteroatoms. The minimum atomic E-state index is -1.64. The third kappa shape index (κ3) is 2.66. The minimum absolute atomic E-state index is 0.186. The van der Waals surface area contributed by atoms with Gasteiger partial charge in [-0.05, 0) is 42.8 Å². The molecule has 23 heavy (non-hydrogen) atoms. The SMILES string of the molecule is Cc1c(C(=O)Nc2ccc(F)c(F)c2F)[nH]c2ccc(Cl)cc12. The van der Waals surface area contributed by atoms with E-state index in [9.17, 15) is 18.0 Å². The van der Waals surface area contributed by atoms with Crippen LogP contribution in [0.5, 0.6) is 0 Å². The van der Waals surface area contributed by atoms with Gasteiger partial charge in [-0.25, -0.2) is 13.2 Å². The van der Waals surface area contributed by atoms with Gasteiger partial charge in [0.1, 0.15) is 5.69 Å². The second-order valence-corrected chi connectivity index (χ2v) is 5.43. The van der Waals surface area contributed by atoms with Crippen LogP contribution in [0.15, 0.2) is 30.3 Å². The predicted molar refractivity (Wildman–Crippen MR) is 82.3 cm³/mol. The zero-order valence-corrected chi connectivity index (χ0v) is 12.6. The molecule has 0 aliphatic heterocycles. The highest BCUT2D eigenvalue weighted by Crippen LogP contribution is 2.26. The zero-order valence-electron chi connectivity index (χ0n) is 11.8. The lowest BCUT2D eigenvalue weighted by molar-refractivity contribution is 0.102. The Morgan fingerprint density at radius 2 is 1.87 bits per heavy atom. The van der Waals surface area contributed by atoms with Gasteiger partial charge in [-0.2, -0.15) is 0 Å². The van der Waals surface area contributed by atoms with Crippen LogP contribution in [-0.2, 0) is 0 Å². The maximum Gasteiger partial charge on any atom is 0.272 e. The van der Waals surface area contributed by atoms with Gasteiger partial charge < -0.3 is 10.3 Å². The molecule has 0 spiro atoms. The molecule has 2 aromatic carbocycles. The first-order valence-electron chi connectivity index (χ1n) is 6.61. The van der Waals surface area contributed by atoms with Gasteiger partial charge in [0.15, 0.2) is 17.5 Å². The molecular weight excluding hydrogens is 329 g/mol. The van der Waals surface area contributed by atoms with Gasteiger partial charge in [-0.15, -0.1) is 0 Å². The van der Waals surface area contributed by atoms with Crippen LogP contribution >= 0.6 is 11.6 Å². The van der Waals surface area contributed by atoms with E-state index in [1.54, 1.807) is 25.1 Å². The Bertz CT molecular complexity index is 937. The molecule has 1 heterocycles. The number of benzene rings is 2. The Balaban J connectivity index is 1.98. The maximum atomic E-state index is 13.6. The molecular formula is C16H10ClF3N2O. The smallest absolute Gasteiger partial charge is 0.272 e. The van der Waals surface area contributed by atoms with Gasteiger partial charge in [0.2, 0.25) is 0 Å². The summed E-state index contributed by atoms with van der Waals surface area (Å²) in [4.78, 5) is 15.2. The maximum absolute atomic E-state index is 13.6. The van der Waals surface area contributed by atoms with Gasteiger partial charge >= 0.3 is 0 Å². The number of amides is 1. The first-order chi connectivity index (χ1) is 10.9. The van der Waals surface area contributed by atoms with Crippen LogP contribution in [-0.4, -0.2) is 10.9 Å². The summed E-state index contributed by atoms with van der Waals surface area (Å²) in [5, 5.41) is 3.48. The van der Waals surface area contributed by atoms with E-state index in [0.717, 1.165) is 17.5 Å². The van der Waals surface area contributed by atoms with Gasteiger partial charge in [0, 0.05) is 15.9 Å². The van der Waals surface area contributed by atoms with Gasteiger partial charge in [-0.1, -0.05) is 11.6 Å². The minimum Gasteiger partial charge on any atom is -0.350 e. The fraction of sp³-hybridized carbons (Fsp3) is 0.0625. The van der Waals surface area contributed by atoms with E-state index in [1.807, 2.05) is 0 Å². The molecule has 0 aliphatic rings. The first kappa shape index (κ1) is 15.4. The van der Waals surface area contributed by atoms with Crippen LogP contribution in [0.2, 0.25) is 5.02 Å². The van der Waals surface area contributed by atoms with Crippen LogP contribution in [0.1, 0.15) is 16.1 Å². The van der Waals surface area contributed by atoms with E-state index in [0.29, 0.717) is 16.1 Å². The molecule has 1 aromatic heterocycles. The average Bonchev–Trinajstić information content (AvgIpc) is 2.85. The van der Waals surface area contributed by atoms with Gasteiger partial charge in [0.05, 0.1) is 5.69 Å². The molecule has 0 atom stereocenters. The molecule has 0 fully saturated rings. The molecule has 2 N–H and O–H groups in total. The fourth-order valence-electron chi connectivity index (χ4n) is 2.33. The van der Waals surface area contributed by atoms with E-state index in [4.69, 9.17) is 11.6 Å². The lowest BCUT2D eigenvalue weighted by Gasteiger charge is -2.07. The van der Waals surface area contributed by atoms with Crippen molar-refractivity contribution in [3.8, 4) is 0 Å². The van der Waals surface area contributed by atoms with Gasteiger partial charge in [-0.3, -0.25) is 4.79 Å². The van der Waals surface area contributed by atoms with Crippen molar-refractivity contribution in [1.29, 1.82) is 0 Å². The Hall–Kier alpha value is -2.47. The molecule has 3 rings (SSSR count). The summed E-state index contributed by atoms with van der Waals surface area (Å²) in [6, 6.07) is 6.76. The van der Waals surface area contributed by atoms with Crippen LogP contribution < -0.4 is 5.32 Å². The highest BCUT2D eigenvalue weighted by Gasteiger charge is 2.19. The molecule has 3 nitrogen and oxygen atoms in total. The number of aromatic nitrogens is 1. The molecule has 0 aliphatic carbocycles. The Labute approximate surface area is 134 Å². The molecule has 0 bridgehead atoms. The van der Waals surface area contributed by atoms with Crippen LogP contribution in [0, 0.1) is 24.4 Å². The highest BCUT2D eigenvalue weighted by atomic mass is 35.5. The molecule has 0 unspecified atom stereocenters. The molecule has 1 amide bonds. The van der Waals surface area contributed by atoms with Crippen molar-refractivity contribution >= 4 is 34.1 Å². The van der Waals surface area contributed by atoms with E-state index >= 15 is 0 Å². The number of rotatable bonds is 2. The predicted octanol–water partition coefficient (Wildman–Crippen LogP) is 4.80. The van der Waals surface area contributed by atoms with E-state index < -0.39 is 29.0 Å². The number of carbonyl (C=O) groups excluding carboxylic acids is 1. The summed E-state index contributed by atoms with van der Waals surface area (Å²) in [6.07, 6.45) is 0. The monoisotopic (exact) mass is 338 g/mol. The normalized spacial score (nSPS) is 11.0. The second-order valence-electron chi connectivity index (χ2n) is 4.99. The summed E-state index contributed by atoms with van der Waals surface area (Å²) >= 11 is 5.92. The Morgan fingerprint density at radius 1 is 1.13 bits per heavy atom. The third-order valence-electron chi connectivity index (χ3n) is 3.53. The molecule has 3 aromatic rings. The number of hydrogen-bond donors (Lipinski definition) is 2. The van der Waals surface area contributed by atoms with Crippen molar-refractivity contribution in [2.24, 2.45) is 0 Å². The summed E-state index contributed by atoms with van der Waals surface area (Å²) in [6.45, 7) is 1.70. The molecule has 0 saturated heterocycles. The Kier molecular flexibility index (Phi) is 3.77. The summed E-state index contributed by atoms with van der Waals surface area (Å²) < 4.78 is 39.8. The highest BCUT2D eigenvalue weighted by molar-refractivity contribution is 6.31. The molecule has 0 saturated carbocycles. The van der Waals surface area contributed by atoms with Crippen LogP contribution in [0.25, 0.3) is 10.9 Å². The number of carbonyl (C=O) groups is 1. The quantitative estimate of drug-likeness (QED) is 0.648. The number of aromatic amines is 1. The topological polar surface area (TPSA) is 44.9 Å². The summed E-state index contributed by atoms with van der Waals surface area (Å²) in [7, 11) is 0. The van der Waals surface area contributed by atoms with Crippen molar-refractivity contribution < 1.29 is 18.0 Å². The van der Waals surface area contributed by atoms with Crippen molar-refractivity contribution in [2.45, 2.75) is 6.92 Å². The number of halogens is 4. The average molecular weight is 339 g/mol. The van der Waals surface area contributed by atoms with Crippen molar-refractivity contribution in [2.75, 3.05) is 5.32 Å². The second kappa shape index (κ2) is 5.62. The van der Waals surface area contributed by atoms with E-state index in [1.165, 1.54) is 0 Å². The number of anilines is 1. The number of fused-ring (bicyclic) bond motifs is 1. The van der Waals surface area contributed by atoms with Crippen LogP contribution in [0.4, 0.5) is 18.9 Å². The third-order valence-corrected chi connectivity index (χ3v) is 3.77. The first-order valence-corrected chi connectivity index (χ1v) is 6.99. The molecule has 0 radical (unpaired) electrons. The number of hydrogen-bond acceptors (Lipinski definition) is 1.